The lowest BCUT2D eigenvalue weighted by molar-refractivity contribution is 0.110. The van der Waals surface area contributed by atoms with Crippen molar-refractivity contribution in [3.05, 3.63) is 47.3 Å². The van der Waals surface area contributed by atoms with Gasteiger partial charge in [0.05, 0.1) is 19.3 Å². The molecule has 0 aliphatic carbocycles. The van der Waals surface area contributed by atoms with Gasteiger partial charge in [-0.15, -0.1) is 24.0 Å². The molecule has 0 amide bonds. The molecule has 0 saturated heterocycles. The summed E-state index contributed by atoms with van der Waals surface area (Å²) in [5, 5.41) is 10.9. The van der Waals surface area contributed by atoms with Crippen LogP contribution in [0.1, 0.15) is 30.5 Å². The molecule has 1 heterocycles. The third-order valence-electron chi connectivity index (χ3n) is 4.13. The fraction of sp³-hybridized carbons (Fsp3) is 0.524. The summed E-state index contributed by atoms with van der Waals surface area (Å²) in [4.78, 5) is 4.72. The standard InChI is InChI=1S/C21H33N5O2.HI/c1-5-22-21(23-10-9-18-14-25-26(4)16-18)24-15-19-8-7-17(3)13-20(19)28-12-11-27-6-2;/h7-8,13-14,16H,5-6,9-12,15H2,1-4H3,(H2,22,23,24);1H. The summed E-state index contributed by atoms with van der Waals surface area (Å²) >= 11 is 0. The van der Waals surface area contributed by atoms with Crippen LogP contribution in [0.5, 0.6) is 5.75 Å². The highest BCUT2D eigenvalue weighted by molar-refractivity contribution is 14.0. The molecular weight excluding hydrogens is 481 g/mol. The van der Waals surface area contributed by atoms with Crippen LogP contribution in [-0.2, 0) is 24.8 Å². The van der Waals surface area contributed by atoms with Crippen molar-refractivity contribution >= 4 is 29.9 Å². The lowest BCUT2D eigenvalue weighted by Crippen LogP contribution is -2.38. The first-order valence-electron chi connectivity index (χ1n) is 9.92. The van der Waals surface area contributed by atoms with Gasteiger partial charge in [-0.25, -0.2) is 4.99 Å². The first kappa shape index (κ1) is 25.2. The molecule has 0 unspecified atom stereocenters. The van der Waals surface area contributed by atoms with Crippen LogP contribution in [0.4, 0.5) is 0 Å². The van der Waals surface area contributed by atoms with Crippen molar-refractivity contribution in [3.63, 3.8) is 0 Å². The molecule has 0 bridgehead atoms. The van der Waals surface area contributed by atoms with Crippen molar-refractivity contribution in [3.8, 4) is 5.75 Å². The van der Waals surface area contributed by atoms with Gasteiger partial charge in [0.2, 0.25) is 0 Å². The van der Waals surface area contributed by atoms with Crippen molar-refractivity contribution < 1.29 is 9.47 Å². The molecule has 0 radical (unpaired) electrons. The summed E-state index contributed by atoms with van der Waals surface area (Å²) < 4.78 is 13.1. The van der Waals surface area contributed by atoms with Gasteiger partial charge in [-0.05, 0) is 44.4 Å². The molecule has 2 aromatic rings. The van der Waals surface area contributed by atoms with E-state index in [1.165, 1.54) is 11.1 Å². The molecule has 2 N–H and O–H groups in total. The molecule has 0 saturated carbocycles. The SMILES string of the molecule is CCNC(=NCc1ccc(C)cc1OCCOCC)NCCc1cnn(C)c1.I. The van der Waals surface area contributed by atoms with Gasteiger partial charge in [0.1, 0.15) is 12.4 Å². The Balaban J connectivity index is 0.00000420. The van der Waals surface area contributed by atoms with Crippen molar-refractivity contribution in [2.45, 2.75) is 33.7 Å². The fourth-order valence-corrected chi connectivity index (χ4v) is 2.71. The van der Waals surface area contributed by atoms with E-state index in [2.05, 4.69) is 47.8 Å². The van der Waals surface area contributed by atoms with Crippen LogP contribution in [0.15, 0.2) is 35.6 Å². The molecule has 1 aromatic heterocycles. The molecule has 0 fully saturated rings. The number of nitrogens with one attached hydrogen (secondary N) is 2. The maximum Gasteiger partial charge on any atom is 0.191 e. The first-order valence-corrected chi connectivity index (χ1v) is 9.92. The average Bonchev–Trinajstić information content (AvgIpc) is 3.09. The molecular formula is C21H34IN5O2. The molecule has 7 nitrogen and oxygen atoms in total. The van der Waals surface area contributed by atoms with Crippen LogP contribution in [0, 0.1) is 6.92 Å². The monoisotopic (exact) mass is 515 g/mol. The summed E-state index contributed by atoms with van der Waals surface area (Å²) in [6.45, 7) is 10.1. The van der Waals surface area contributed by atoms with E-state index >= 15 is 0 Å². The number of aryl methyl sites for hydroxylation is 2. The number of aliphatic imine (C=N–C) groups is 1. The van der Waals surface area contributed by atoms with Crippen molar-refractivity contribution in [1.82, 2.24) is 20.4 Å². The van der Waals surface area contributed by atoms with Crippen LogP contribution < -0.4 is 15.4 Å². The Morgan fingerprint density at radius 2 is 2.03 bits per heavy atom. The maximum atomic E-state index is 5.91. The Hall–Kier alpha value is -1.81. The summed E-state index contributed by atoms with van der Waals surface area (Å²) in [6.07, 6.45) is 4.82. The van der Waals surface area contributed by atoms with Crippen molar-refractivity contribution in [2.24, 2.45) is 12.0 Å². The van der Waals surface area contributed by atoms with Crippen LogP contribution in [-0.4, -0.2) is 48.7 Å². The Kier molecular flexibility index (Phi) is 12.4. The van der Waals surface area contributed by atoms with Gasteiger partial charge in [-0.3, -0.25) is 4.68 Å². The molecule has 1 aromatic carbocycles. The predicted octanol–water partition coefficient (Wildman–Crippen LogP) is 3.06. The van der Waals surface area contributed by atoms with Crippen molar-refractivity contribution in [1.29, 1.82) is 0 Å². The number of halogens is 1. The van der Waals surface area contributed by atoms with E-state index in [0.717, 1.165) is 36.8 Å². The summed E-state index contributed by atoms with van der Waals surface area (Å²) in [7, 11) is 1.93. The van der Waals surface area contributed by atoms with Crippen LogP contribution in [0.2, 0.25) is 0 Å². The quantitative estimate of drug-likeness (QED) is 0.208. The Morgan fingerprint density at radius 1 is 1.21 bits per heavy atom. The largest absolute Gasteiger partial charge is 0.491 e. The van der Waals surface area contributed by atoms with E-state index in [4.69, 9.17) is 14.5 Å². The molecule has 0 spiro atoms. The zero-order chi connectivity index (χ0) is 20.2. The van der Waals surface area contributed by atoms with Gasteiger partial charge in [0.15, 0.2) is 5.96 Å². The average molecular weight is 515 g/mol. The van der Waals surface area contributed by atoms with Crippen molar-refractivity contribution in [2.75, 3.05) is 32.9 Å². The van der Waals surface area contributed by atoms with Crippen LogP contribution in [0.3, 0.4) is 0 Å². The number of guanidine groups is 1. The molecule has 0 atom stereocenters. The van der Waals surface area contributed by atoms with E-state index < -0.39 is 0 Å². The number of hydrogen-bond donors (Lipinski definition) is 2. The normalized spacial score (nSPS) is 11.1. The zero-order valence-corrected chi connectivity index (χ0v) is 20.2. The highest BCUT2D eigenvalue weighted by Crippen LogP contribution is 2.21. The molecule has 2 rings (SSSR count). The topological polar surface area (TPSA) is 72.7 Å². The minimum atomic E-state index is 0. The smallest absolute Gasteiger partial charge is 0.191 e. The number of ether oxygens (including phenoxy) is 2. The highest BCUT2D eigenvalue weighted by Gasteiger charge is 2.06. The Bertz CT molecular complexity index is 748. The summed E-state index contributed by atoms with van der Waals surface area (Å²) in [6, 6.07) is 6.22. The zero-order valence-electron chi connectivity index (χ0n) is 17.9. The Labute approximate surface area is 191 Å². The number of rotatable bonds is 11. The van der Waals surface area contributed by atoms with E-state index in [0.29, 0.717) is 26.4 Å². The minimum Gasteiger partial charge on any atom is -0.491 e. The number of aromatic nitrogens is 2. The predicted molar refractivity (Wildman–Crippen MR) is 128 cm³/mol. The highest BCUT2D eigenvalue weighted by atomic mass is 127. The number of nitrogens with zero attached hydrogens (tertiary/aromatic N) is 3. The van der Waals surface area contributed by atoms with Crippen LogP contribution >= 0.6 is 24.0 Å². The van der Waals surface area contributed by atoms with E-state index in [9.17, 15) is 0 Å². The van der Waals surface area contributed by atoms with Gasteiger partial charge in [0, 0.05) is 38.5 Å². The summed E-state index contributed by atoms with van der Waals surface area (Å²) in [5.41, 5.74) is 3.43. The van der Waals surface area contributed by atoms with Gasteiger partial charge >= 0.3 is 0 Å². The second-order valence-electron chi connectivity index (χ2n) is 6.55. The fourth-order valence-electron chi connectivity index (χ4n) is 2.71. The third kappa shape index (κ3) is 9.49. The van der Waals surface area contributed by atoms with E-state index in [-0.39, 0.29) is 24.0 Å². The van der Waals surface area contributed by atoms with Gasteiger partial charge in [-0.1, -0.05) is 12.1 Å². The molecule has 8 heteroatoms. The number of benzene rings is 1. The third-order valence-corrected chi connectivity index (χ3v) is 4.13. The minimum absolute atomic E-state index is 0. The van der Waals surface area contributed by atoms with E-state index in [1.807, 2.05) is 31.0 Å². The molecule has 0 aliphatic rings. The van der Waals surface area contributed by atoms with Gasteiger partial charge in [0.25, 0.3) is 0 Å². The second kappa shape index (κ2) is 14.2. The molecule has 0 aliphatic heterocycles. The first-order chi connectivity index (χ1) is 13.6. The van der Waals surface area contributed by atoms with Gasteiger partial charge in [-0.2, -0.15) is 5.10 Å². The van der Waals surface area contributed by atoms with Crippen LogP contribution in [0.25, 0.3) is 0 Å². The lowest BCUT2D eigenvalue weighted by atomic mass is 10.1. The molecule has 29 heavy (non-hydrogen) atoms. The summed E-state index contributed by atoms with van der Waals surface area (Å²) in [5.74, 6) is 1.67. The van der Waals surface area contributed by atoms with Gasteiger partial charge < -0.3 is 20.1 Å². The maximum absolute atomic E-state index is 5.91. The number of hydrogen-bond acceptors (Lipinski definition) is 4. The second-order valence-corrected chi connectivity index (χ2v) is 6.55. The molecule has 162 valence electrons. The van der Waals surface area contributed by atoms with E-state index in [1.54, 1.807) is 0 Å². The Morgan fingerprint density at radius 3 is 2.72 bits per heavy atom. The lowest BCUT2D eigenvalue weighted by Gasteiger charge is -2.13.